The van der Waals surface area contributed by atoms with Crippen LogP contribution >= 0.6 is 0 Å². The van der Waals surface area contributed by atoms with Crippen molar-refractivity contribution >= 4 is 11.9 Å². The second kappa shape index (κ2) is 5.77. The quantitative estimate of drug-likeness (QED) is 0.605. The van der Waals surface area contributed by atoms with E-state index in [0.29, 0.717) is 5.56 Å². The van der Waals surface area contributed by atoms with E-state index in [-0.39, 0.29) is 6.42 Å². The summed E-state index contributed by atoms with van der Waals surface area (Å²) >= 11 is 0. The Morgan fingerprint density at radius 3 is 2.47 bits per heavy atom. The van der Waals surface area contributed by atoms with Crippen molar-refractivity contribution in [2.45, 2.75) is 19.4 Å². The fraction of sp³-hybridized carbons (Fsp3) is 0.250. The highest BCUT2D eigenvalue weighted by atomic mass is 16.6. The van der Waals surface area contributed by atoms with Crippen molar-refractivity contribution in [3.05, 3.63) is 35.4 Å². The highest BCUT2D eigenvalue weighted by Gasteiger charge is 2.17. The molecule has 1 rings (SSSR count). The largest absolute Gasteiger partial charge is 0.392 e. The van der Waals surface area contributed by atoms with Crippen LogP contribution in [0.5, 0.6) is 0 Å². The van der Waals surface area contributed by atoms with Crippen molar-refractivity contribution in [2.75, 3.05) is 0 Å². The predicted molar refractivity (Wildman–Crippen MR) is 59.6 cm³/mol. The Kier molecular flexibility index (Phi) is 4.37. The smallest absolute Gasteiger partial charge is 0.330 e. The maximum absolute atomic E-state index is 11.3. The Morgan fingerprint density at radius 2 is 2.00 bits per heavy atom. The molecule has 2 N–H and O–H groups in total. The summed E-state index contributed by atoms with van der Waals surface area (Å²) in [5.74, 6) is -1.42. The second-order valence-corrected chi connectivity index (χ2v) is 3.53. The molecule has 0 saturated carbocycles. The van der Waals surface area contributed by atoms with Crippen LogP contribution in [-0.4, -0.2) is 18.0 Å². The van der Waals surface area contributed by atoms with Gasteiger partial charge in [-0.2, -0.15) is 5.26 Å². The van der Waals surface area contributed by atoms with Gasteiger partial charge < -0.3 is 10.5 Å². The number of nitrogens with zero attached hydrogens (tertiary/aromatic N) is 1. The third kappa shape index (κ3) is 4.05. The Hall–Kier alpha value is -2.19. The normalized spacial score (nSPS) is 11.4. The summed E-state index contributed by atoms with van der Waals surface area (Å²) in [7, 11) is 0. The molecular weight excluding hydrogens is 220 g/mol. The molecule has 0 aromatic heterocycles. The molecule has 5 nitrogen and oxygen atoms in total. The summed E-state index contributed by atoms with van der Waals surface area (Å²) in [5.41, 5.74) is 6.91. The highest BCUT2D eigenvalue weighted by Crippen LogP contribution is 2.06. The van der Waals surface area contributed by atoms with Crippen LogP contribution in [0, 0.1) is 11.3 Å². The average Bonchev–Trinajstić information content (AvgIpc) is 2.29. The first-order chi connectivity index (χ1) is 8.02. The maximum Gasteiger partial charge on any atom is 0.330 e. The zero-order valence-electron chi connectivity index (χ0n) is 9.34. The number of carbonyl (C=O) groups excluding carboxylic acids is 2. The van der Waals surface area contributed by atoms with E-state index in [1.165, 1.54) is 0 Å². The van der Waals surface area contributed by atoms with E-state index in [2.05, 4.69) is 4.74 Å². The van der Waals surface area contributed by atoms with Crippen LogP contribution in [-0.2, 0) is 20.7 Å². The van der Waals surface area contributed by atoms with Crippen molar-refractivity contribution in [2.24, 2.45) is 5.73 Å². The van der Waals surface area contributed by atoms with E-state index < -0.39 is 18.0 Å². The Labute approximate surface area is 98.8 Å². The maximum atomic E-state index is 11.3. The van der Waals surface area contributed by atoms with Crippen LogP contribution in [0.2, 0.25) is 0 Å². The highest BCUT2D eigenvalue weighted by molar-refractivity contribution is 5.87. The van der Waals surface area contributed by atoms with Gasteiger partial charge in [0.1, 0.15) is 6.04 Å². The summed E-state index contributed by atoms with van der Waals surface area (Å²) in [6, 6.07) is 7.80. The number of ether oxygens (including phenoxy) is 1. The number of nitrogens with two attached hydrogens (primary N) is 1. The lowest BCUT2D eigenvalue weighted by Crippen LogP contribution is -2.35. The molecule has 1 aromatic carbocycles. The summed E-state index contributed by atoms with van der Waals surface area (Å²) in [4.78, 5) is 21.8. The molecule has 0 saturated heterocycles. The van der Waals surface area contributed by atoms with Crippen molar-refractivity contribution in [1.82, 2.24) is 0 Å². The van der Waals surface area contributed by atoms with Gasteiger partial charge in [-0.1, -0.05) is 12.1 Å². The van der Waals surface area contributed by atoms with Gasteiger partial charge >= 0.3 is 11.9 Å². The molecule has 0 aliphatic carbocycles. The minimum absolute atomic E-state index is 0.262. The van der Waals surface area contributed by atoms with Gasteiger partial charge in [0.25, 0.3) is 0 Å². The number of nitriles is 1. The predicted octanol–water partition coefficient (Wildman–Crippen LogP) is 0.518. The first kappa shape index (κ1) is 12.9. The second-order valence-electron chi connectivity index (χ2n) is 3.53. The first-order valence-corrected chi connectivity index (χ1v) is 5.00. The number of esters is 2. The van der Waals surface area contributed by atoms with Crippen LogP contribution in [0.3, 0.4) is 0 Å². The summed E-state index contributed by atoms with van der Waals surface area (Å²) < 4.78 is 4.37. The van der Waals surface area contributed by atoms with E-state index in [1.807, 2.05) is 6.07 Å². The lowest BCUT2D eigenvalue weighted by Gasteiger charge is -2.09. The number of carbonyl (C=O) groups is 2. The third-order valence-electron chi connectivity index (χ3n) is 2.09. The number of rotatable bonds is 3. The van der Waals surface area contributed by atoms with E-state index in [0.717, 1.165) is 12.5 Å². The van der Waals surface area contributed by atoms with E-state index in [9.17, 15) is 9.59 Å². The zero-order valence-corrected chi connectivity index (χ0v) is 9.34. The van der Waals surface area contributed by atoms with Crippen LogP contribution < -0.4 is 5.73 Å². The fourth-order valence-corrected chi connectivity index (χ4v) is 1.27. The standard InChI is InChI=1S/C12H12N2O3/c1-8(15)17-12(16)11(14)6-9-2-4-10(7-13)5-3-9/h2-5,11H,6,14H2,1H3/t11-/m0/s1. The number of hydrogen-bond acceptors (Lipinski definition) is 5. The van der Waals surface area contributed by atoms with Crippen molar-refractivity contribution < 1.29 is 14.3 Å². The van der Waals surface area contributed by atoms with Crippen molar-refractivity contribution in [3.63, 3.8) is 0 Å². The molecule has 1 atom stereocenters. The molecule has 88 valence electrons. The van der Waals surface area contributed by atoms with E-state index in [1.54, 1.807) is 24.3 Å². The fourth-order valence-electron chi connectivity index (χ4n) is 1.27. The minimum atomic E-state index is -0.883. The van der Waals surface area contributed by atoms with E-state index >= 15 is 0 Å². The first-order valence-electron chi connectivity index (χ1n) is 5.00. The molecule has 1 aromatic rings. The van der Waals surface area contributed by atoms with Crippen molar-refractivity contribution in [3.8, 4) is 6.07 Å². The number of benzene rings is 1. The van der Waals surface area contributed by atoms with Gasteiger partial charge in [-0.05, 0) is 24.1 Å². The molecule has 0 aliphatic heterocycles. The lowest BCUT2D eigenvalue weighted by atomic mass is 10.1. The number of hydrogen-bond donors (Lipinski definition) is 1. The molecule has 0 bridgehead atoms. The van der Waals surface area contributed by atoms with Gasteiger partial charge in [0.05, 0.1) is 11.6 Å². The molecule has 0 spiro atoms. The van der Waals surface area contributed by atoms with E-state index in [4.69, 9.17) is 11.0 Å². The van der Waals surface area contributed by atoms with Gasteiger partial charge in [-0.25, -0.2) is 4.79 Å². The Morgan fingerprint density at radius 1 is 1.41 bits per heavy atom. The van der Waals surface area contributed by atoms with Crippen LogP contribution in [0.4, 0.5) is 0 Å². The van der Waals surface area contributed by atoms with Crippen LogP contribution in [0.25, 0.3) is 0 Å². The molecular formula is C12H12N2O3. The molecule has 0 fully saturated rings. The summed E-state index contributed by atoms with van der Waals surface area (Å²) in [5, 5.41) is 8.61. The van der Waals surface area contributed by atoms with Crippen LogP contribution in [0.1, 0.15) is 18.1 Å². The minimum Gasteiger partial charge on any atom is -0.392 e. The Bertz CT molecular complexity index is 460. The van der Waals surface area contributed by atoms with Gasteiger partial charge in [-0.15, -0.1) is 0 Å². The van der Waals surface area contributed by atoms with Gasteiger partial charge in [0, 0.05) is 6.92 Å². The zero-order chi connectivity index (χ0) is 12.8. The van der Waals surface area contributed by atoms with Gasteiger partial charge in [0.15, 0.2) is 0 Å². The summed E-state index contributed by atoms with van der Waals surface area (Å²) in [6.07, 6.45) is 0.262. The monoisotopic (exact) mass is 232 g/mol. The Balaban J connectivity index is 2.61. The SMILES string of the molecule is CC(=O)OC(=O)[C@@H](N)Cc1ccc(C#N)cc1. The average molecular weight is 232 g/mol. The lowest BCUT2D eigenvalue weighted by molar-refractivity contribution is -0.159. The molecule has 0 aliphatic rings. The third-order valence-corrected chi connectivity index (χ3v) is 2.09. The topological polar surface area (TPSA) is 93.2 Å². The molecule has 0 amide bonds. The molecule has 0 unspecified atom stereocenters. The molecule has 0 heterocycles. The molecule has 0 radical (unpaired) electrons. The van der Waals surface area contributed by atoms with Gasteiger partial charge in [-0.3, -0.25) is 4.79 Å². The van der Waals surface area contributed by atoms with Crippen LogP contribution in [0.15, 0.2) is 24.3 Å². The summed E-state index contributed by atoms with van der Waals surface area (Å²) in [6.45, 7) is 1.15. The molecule has 17 heavy (non-hydrogen) atoms. The molecule has 5 heteroatoms. The van der Waals surface area contributed by atoms with Gasteiger partial charge in [0.2, 0.25) is 0 Å². The van der Waals surface area contributed by atoms with Crippen molar-refractivity contribution in [1.29, 1.82) is 5.26 Å².